The van der Waals surface area contributed by atoms with E-state index >= 15 is 0 Å². The Morgan fingerprint density at radius 2 is 1.86 bits per heavy atom. The van der Waals surface area contributed by atoms with Crippen LogP contribution in [0.5, 0.6) is 0 Å². The quantitative estimate of drug-likeness (QED) is 0.210. The zero-order valence-electron chi connectivity index (χ0n) is 22.4. The van der Waals surface area contributed by atoms with E-state index in [1.807, 2.05) is 6.07 Å². The summed E-state index contributed by atoms with van der Waals surface area (Å²) in [4.78, 5) is 27.4. The number of ether oxygens (including phenoxy) is 1. The highest BCUT2D eigenvalue weighted by Crippen LogP contribution is 2.24. The highest BCUT2D eigenvalue weighted by molar-refractivity contribution is 6.35. The lowest BCUT2D eigenvalue weighted by atomic mass is 9.91. The Labute approximate surface area is 250 Å². The second kappa shape index (κ2) is 14.4. The molecule has 0 saturated heterocycles. The molecule has 220 valence electrons. The molecule has 2 atom stereocenters. The van der Waals surface area contributed by atoms with Crippen molar-refractivity contribution in [1.29, 1.82) is 0 Å². The first-order chi connectivity index (χ1) is 20.2. The molecule has 6 N–H and O–H groups in total. The van der Waals surface area contributed by atoms with Crippen LogP contribution in [-0.4, -0.2) is 70.9 Å². The summed E-state index contributed by atoms with van der Waals surface area (Å²) in [6.45, 7) is 1.95. The van der Waals surface area contributed by atoms with Crippen LogP contribution in [0.4, 0.5) is 17.3 Å². The molecule has 0 unspecified atom stereocenters. The lowest BCUT2D eigenvalue weighted by molar-refractivity contribution is 0.0518. The van der Waals surface area contributed by atoms with Crippen LogP contribution in [0.1, 0.15) is 53.6 Å². The maximum atomic E-state index is 11.8. The van der Waals surface area contributed by atoms with Crippen molar-refractivity contribution in [1.82, 2.24) is 40.4 Å². The molecular formula is C25H28Cl2N12O3. The summed E-state index contributed by atoms with van der Waals surface area (Å²) < 4.78 is 6.21. The van der Waals surface area contributed by atoms with Gasteiger partial charge >= 0.3 is 5.97 Å². The fraction of sp³-hybridized carbons (Fsp3) is 0.320. The van der Waals surface area contributed by atoms with Gasteiger partial charge in [0, 0.05) is 18.2 Å². The fourth-order valence-corrected chi connectivity index (χ4v) is 4.46. The molecule has 1 aliphatic carbocycles. The van der Waals surface area contributed by atoms with Gasteiger partial charge in [-0.25, -0.2) is 14.5 Å². The molecule has 4 heterocycles. The molecule has 4 aromatic rings. The molecule has 0 spiro atoms. The summed E-state index contributed by atoms with van der Waals surface area (Å²) in [5.41, 5.74) is 12.1. The largest absolute Gasteiger partial charge is 0.461 e. The number of hydrogen-bond acceptors (Lipinski definition) is 13. The molecule has 1 saturated carbocycles. The summed E-state index contributed by atoms with van der Waals surface area (Å²) in [6, 6.07) is 8.55. The molecule has 17 heteroatoms. The molecule has 1 amide bonds. The predicted molar refractivity (Wildman–Crippen MR) is 155 cm³/mol. The lowest BCUT2D eigenvalue weighted by Gasteiger charge is -2.29. The van der Waals surface area contributed by atoms with Crippen molar-refractivity contribution >= 4 is 52.4 Å². The number of carbonyl (C=O) groups is 2. The number of rotatable bonds is 8. The van der Waals surface area contributed by atoms with Crippen LogP contribution in [0.25, 0.3) is 5.82 Å². The number of nitrogens with one attached hydrogen (secondary N) is 2. The second-order valence-electron chi connectivity index (χ2n) is 8.99. The van der Waals surface area contributed by atoms with Crippen molar-refractivity contribution in [2.75, 3.05) is 17.2 Å². The van der Waals surface area contributed by atoms with E-state index in [1.54, 1.807) is 37.5 Å². The number of pyridine rings is 1. The van der Waals surface area contributed by atoms with Crippen LogP contribution >= 0.6 is 23.2 Å². The van der Waals surface area contributed by atoms with E-state index < -0.39 is 11.9 Å². The maximum absolute atomic E-state index is 11.8. The summed E-state index contributed by atoms with van der Waals surface area (Å²) in [5.74, 6) is 0.299. The van der Waals surface area contributed by atoms with Gasteiger partial charge in [-0.15, -0.1) is 25.5 Å². The van der Waals surface area contributed by atoms with Gasteiger partial charge in [0.2, 0.25) is 0 Å². The predicted octanol–water partition coefficient (Wildman–Crippen LogP) is 2.94. The standard InChI is InChI=1S/C18H22N10O.C7H6Cl2N2O2/c19-11-4-1-2-5-12(11)22-15-10-13(17(18(20)29)26-25-15)23-14-6-3-7-16(24-14)28-9-8-21-27-28;1-2-13-7(12)6-4(8)3-5(9)10-11-6/h3,6-12H,1-2,4-5,19H2,(H2,20,29)(H2,22,23,24,25);3H,2H2,1H3/t11-,12+;/m0./s1. The van der Waals surface area contributed by atoms with Gasteiger partial charge in [0.15, 0.2) is 28.2 Å². The van der Waals surface area contributed by atoms with Gasteiger partial charge in [-0.05, 0) is 38.0 Å². The van der Waals surface area contributed by atoms with Crippen molar-refractivity contribution in [3.8, 4) is 5.82 Å². The topological polar surface area (TPSA) is 215 Å². The third-order valence-corrected chi connectivity index (χ3v) is 6.49. The molecule has 0 bridgehead atoms. The van der Waals surface area contributed by atoms with Crippen molar-refractivity contribution in [3.63, 3.8) is 0 Å². The van der Waals surface area contributed by atoms with Gasteiger partial charge in [0.25, 0.3) is 5.91 Å². The van der Waals surface area contributed by atoms with Gasteiger partial charge in [0.05, 0.1) is 29.7 Å². The number of nitrogens with zero attached hydrogens (tertiary/aromatic N) is 8. The summed E-state index contributed by atoms with van der Waals surface area (Å²) in [7, 11) is 0. The number of amides is 1. The first-order valence-electron chi connectivity index (χ1n) is 12.9. The molecular weight excluding hydrogens is 587 g/mol. The van der Waals surface area contributed by atoms with Gasteiger partial charge in [-0.2, -0.15) is 0 Å². The number of primary amides is 1. The summed E-state index contributed by atoms with van der Waals surface area (Å²) in [5, 5.41) is 29.5. The van der Waals surface area contributed by atoms with Gasteiger partial charge in [-0.1, -0.05) is 47.3 Å². The van der Waals surface area contributed by atoms with Crippen molar-refractivity contribution in [3.05, 3.63) is 64.3 Å². The number of nitrogens with two attached hydrogens (primary N) is 2. The fourth-order valence-electron chi connectivity index (χ4n) is 4.04. The van der Waals surface area contributed by atoms with E-state index in [-0.39, 0.29) is 40.3 Å². The van der Waals surface area contributed by atoms with E-state index in [0.717, 1.165) is 25.7 Å². The zero-order chi connectivity index (χ0) is 30.1. The lowest BCUT2D eigenvalue weighted by Crippen LogP contribution is -2.42. The summed E-state index contributed by atoms with van der Waals surface area (Å²) in [6.07, 6.45) is 7.42. The van der Waals surface area contributed by atoms with Gasteiger partial charge in [0.1, 0.15) is 5.82 Å². The molecule has 1 aliphatic rings. The normalized spacial score (nSPS) is 16.1. The minimum atomic E-state index is -0.687. The highest BCUT2D eigenvalue weighted by atomic mass is 35.5. The van der Waals surface area contributed by atoms with Crippen LogP contribution in [0, 0.1) is 0 Å². The highest BCUT2D eigenvalue weighted by Gasteiger charge is 2.23. The molecule has 42 heavy (non-hydrogen) atoms. The average molecular weight is 615 g/mol. The van der Waals surface area contributed by atoms with Crippen LogP contribution in [-0.2, 0) is 4.74 Å². The van der Waals surface area contributed by atoms with Gasteiger partial charge in [-0.3, -0.25) is 4.79 Å². The third-order valence-electron chi connectivity index (χ3n) is 6.02. The molecule has 0 aromatic carbocycles. The molecule has 15 nitrogen and oxygen atoms in total. The van der Waals surface area contributed by atoms with Crippen molar-refractivity contribution in [2.24, 2.45) is 11.5 Å². The van der Waals surface area contributed by atoms with E-state index in [9.17, 15) is 9.59 Å². The van der Waals surface area contributed by atoms with E-state index in [0.29, 0.717) is 23.1 Å². The Hall–Kier alpha value is -4.47. The Bertz CT molecular complexity index is 1520. The number of esters is 1. The summed E-state index contributed by atoms with van der Waals surface area (Å²) >= 11 is 11.2. The van der Waals surface area contributed by atoms with Crippen LogP contribution < -0.4 is 22.1 Å². The maximum Gasteiger partial charge on any atom is 0.360 e. The second-order valence-corrected chi connectivity index (χ2v) is 9.79. The van der Waals surface area contributed by atoms with Crippen LogP contribution in [0.2, 0.25) is 10.2 Å². The monoisotopic (exact) mass is 614 g/mol. The number of halogens is 2. The Morgan fingerprint density at radius 3 is 2.55 bits per heavy atom. The molecule has 0 radical (unpaired) electrons. The smallest absolute Gasteiger partial charge is 0.360 e. The Balaban J connectivity index is 0.000000262. The van der Waals surface area contributed by atoms with E-state index in [2.05, 4.69) is 51.1 Å². The first-order valence-corrected chi connectivity index (χ1v) is 13.7. The number of hydrogen-bond donors (Lipinski definition) is 4. The zero-order valence-corrected chi connectivity index (χ0v) is 24.0. The molecule has 1 fully saturated rings. The first kappa shape index (κ1) is 30.5. The van der Waals surface area contributed by atoms with Crippen molar-refractivity contribution in [2.45, 2.75) is 44.7 Å². The Morgan fingerprint density at radius 1 is 1.07 bits per heavy atom. The number of anilines is 3. The molecule has 0 aliphatic heterocycles. The minimum absolute atomic E-state index is 0.0204. The SMILES string of the molecule is CCOC(=O)c1nnc(Cl)cc1Cl.NC(=O)c1nnc(N[C@@H]2CCCC[C@@H]2N)cc1Nc1cccc(-n2ccnn2)n1. The van der Waals surface area contributed by atoms with Crippen LogP contribution in [0.3, 0.4) is 0 Å². The Kier molecular flexibility index (Phi) is 10.5. The van der Waals surface area contributed by atoms with E-state index in [4.69, 9.17) is 34.7 Å². The minimum Gasteiger partial charge on any atom is -0.461 e. The molecule has 5 rings (SSSR count). The van der Waals surface area contributed by atoms with Crippen LogP contribution in [0.15, 0.2) is 42.7 Å². The van der Waals surface area contributed by atoms with E-state index in [1.165, 1.54) is 10.7 Å². The number of carbonyl (C=O) groups excluding carboxylic acids is 2. The van der Waals surface area contributed by atoms with Crippen molar-refractivity contribution < 1.29 is 14.3 Å². The third kappa shape index (κ3) is 8.05. The van der Waals surface area contributed by atoms with Gasteiger partial charge < -0.3 is 26.8 Å². The molecule has 4 aromatic heterocycles. The number of aromatic nitrogens is 8. The average Bonchev–Trinajstić information content (AvgIpc) is 3.50.